The van der Waals surface area contributed by atoms with Crippen molar-refractivity contribution in [2.24, 2.45) is 11.8 Å². The third-order valence-corrected chi connectivity index (χ3v) is 5.39. The quantitative estimate of drug-likeness (QED) is 0.569. The van der Waals surface area contributed by atoms with Gasteiger partial charge in [-0.1, -0.05) is 17.5 Å². The number of halogens is 2. The molecule has 1 aromatic rings. The van der Waals surface area contributed by atoms with Gasteiger partial charge in [-0.2, -0.15) is 0 Å². The molecule has 2 bridgehead atoms. The zero-order valence-corrected chi connectivity index (χ0v) is 17.9. The first-order valence-corrected chi connectivity index (χ1v) is 9.52. The number of likely N-dealkylation sites (tertiary alicyclic amines) is 1. The van der Waals surface area contributed by atoms with Crippen LogP contribution in [0.15, 0.2) is 12.1 Å². The lowest BCUT2D eigenvalue weighted by molar-refractivity contribution is -0.0561. The number of anilines is 1. The summed E-state index contributed by atoms with van der Waals surface area (Å²) in [5, 5.41) is 3.52. The van der Waals surface area contributed by atoms with Gasteiger partial charge in [0.05, 0.1) is 29.5 Å². The second kappa shape index (κ2) is 9.71. The molecule has 0 aromatic heterocycles. The van der Waals surface area contributed by atoms with Gasteiger partial charge >= 0.3 is 0 Å². The van der Waals surface area contributed by atoms with E-state index in [2.05, 4.69) is 29.1 Å². The maximum atomic E-state index is 13.1. The molecule has 1 aromatic carbocycles. The number of amides is 1. The minimum absolute atomic E-state index is 0. The van der Waals surface area contributed by atoms with Gasteiger partial charge in [0.15, 0.2) is 6.10 Å². The molecule has 28 heavy (non-hydrogen) atoms. The van der Waals surface area contributed by atoms with Gasteiger partial charge in [0, 0.05) is 37.0 Å². The van der Waals surface area contributed by atoms with Crippen LogP contribution >= 0.6 is 24.0 Å². The Bertz CT molecular complexity index is 764. The number of fused-ring (bicyclic) bond motifs is 2. The van der Waals surface area contributed by atoms with E-state index in [1.54, 1.807) is 19.1 Å². The van der Waals surface area contributed by atoms with Crippen molar-refractivity contribution < 1.29 is 14.3 Å². The smallest absolute Gasteiger partial charge is 0.255 e. The Hall–Kier alpha value is -1.65. The summed E-state index contributed by atoms with van der Waals surface area (Å²) in [5.74, 6) is 6.43. The maximum Gasteiger partial charge on any atom is 0.255 e. The number of nitrogens with two attached hydrogens (primary N) is 1. The average molecular weight is 428 g/mol. The zero-order chi connectivity index (χ0) is 19.6. The standard InChI is InChI=1S/C20H26ClN3O3.ClH/c1-4-5-12(2)27-18-7-17(22)16(21)6-15(18)20(25)23-19-13-8-24(3)9-14(19)11-26-10-13;/h6-7,12-14,19H,8-11,22H2,1-3H3,(H,23,25);1H. The fourth-order valence-electron chi connectivity index (χ4n) is 3.90. The normalized spacial score (nSPS) is 24.9. The zero-order valence-electron chi connectivity index (χ0n) is 16.3. The number of piperidine rings is 1. The van der Waals surface area contributed by atoms with E-state index in [0.717, 1.165) is 13.1 Å². The molecule has 2 aliphatic heterocycles. The Balaban J connectivity index is 0.00000280. The van der Waals surface area contributed by atoms with Crippen molar-refractivity contribution in [1.29, 1.82) is 0 Å². The summed E-state index contributed by atoms with van der Waals surface area (Å²) in [6, 6.07) is 3.22. The third-order valence-electron chi connectivity index (χ3n) is 5.06. The van der Waals surface area contributed by atoms with E-state index in [0.29, 0.717) is 35.2 Å². The van der Waals surface area contributed by atoms with E-state index in [1.165, 1.54) is 0 Å². The Morgan fingerprint density at radius 3 is 2.64 bits per heavy atom. The first-order valence-electron chi connectivity index (χ1n) is 9.14. The molecule has 6 nitrogen and oxygen atoms in total. The summed E-state index contributed by atoms with van der Waals surface area (Å²) in [5.41, 5.74) is 6.65. The van der Waals surface area contributed by atoms with E-state index in [9.17, 15) is 4.79 Å². The van der Waals surface area contributed by atoms with Crippen LogP contribution in [-0.4, -0.2) is 56.3 Å². The minimum atomic E-state index is -0.363. The van der Waals surface area contributed by atoms with Crippen LogP contribution in [0.1, 0.15) is 24.2 Å². The molecular formula is C20H27Cl2N3O3. The lowest BCUT2D eigenvalue weighted by atomic mass is 9.82. The largest absolute Gasteiger partial charge is 0.477 e. The molecule has 3 unspecified atom stereocenters. The lowest BCUT2D eigenvalue weighted by Gasteiger charge is -2.46. The second-order valence-electron chi connectivity index (χ2n) is 7.30. The van der Waals surface area contributed by atoms with Gasteiger partial charge in [0.1, 0.15) is 5.75 Å². The van der Waals surface area contributed by atoms with Crippen LogP contribution in [0, 0.1) is 23.7 Å². The summed E-state index contributed by atoms with van der Waals surface area (Å²) in [6.45, 7) is 6.67. The van der Waals surface area contributed by atoms with E-state index < -0.39 is 0 Å². The molecule has 0 spiro atoms. The van der Waals surface area contributed by atoms with E-state index >= 15 is 0 Å². The molecular weight excluding hydrogens is 401 g/mol. The van der Waals surface area contributed by atoms with Gasteiger partial charge in [-0.3, -0.25) is 4.79 Å². The lowest BCUT2D eigenvalue weighted by Crippen LogP contribution is -2.60. The van der Waals surface area contributed by atoms with E-state index in [1.807, 2.05) is 6.92 Å². The van der Waals surface area contributed by atoms with Crippen molar-refractivity contribution in [2.45, 2.75) is 26.0 Å². The maximum absolute atomic E-state index is 13.1. The van der Waals surface area contributed by atoms with Crippen LogP contribution < -0.4 is 15.8 Å². The van der Waals surface area contributed by atoms with Crippen molar-refractivity contribution in [2.75, 3.05) is 39.1 Å². The topological polar surface area (TPSA) is 76.8 Å². The van der Waals surface area contributed by atoms with Crippen LogP contribution in [-0.2, 0) is 4.74 Å². The second-order valence-corrected chi connectivity index (χ2v) is 7.71. The molecule has 154 valence electrons. The first-order chi connectivity index (χ1) is 12.9. The fraction of sp³-hybridized carbons (Fsp3) is 0.550. The molecule has 0 saturated carbocycles. The SMILES string of the molecule is CC#CC(C)Oc1cc(N)c(Cl)cc1C(=O)NC1C2COCC1CN(C)C2.Cl. The number of rotatable bonds is 4. The summed E-state index contributed by atoms with van der Waals surface area (Å²) >= 11 is 6.17. The van der Waals surface area contributed by atoms with E-state index in [4.69, 9.17) is 26.8 Å². The Kier molecular flexibility index (Phi) is 7.85. The van der Waals surface area contributed by atoms with Gasteiger partial charge in [-0.15, -0.1) is 18.3 Å². The molecule has 3 N–H and O–H groups in total. The highest BCUT2D eigenvalue weighted by Crippen LogP contribution is 2.31. The van der Waals surface area contributed by atoms with Crippen molar-refractivity contribution in [3.63, 3.8) is 0 Å². The number of hydrogen-bond acceptors (Lipinski definition) is 5. The molecule has 8 heteroatoms. The summed E-state index contributed by atoms with van der Waals surface area (Å²) in [6.07, 6.45) is -0.363. The van der Waals surface area contributed by atoms with E-state index in [-0.39, 0.29) is 42.3 Å². The number of carbonyl (C=O) groups is 1. The molecule has 1 amide bonds. The number of carbonyl (C=O) groups excluding carboxylic acids is 1. The summed E-state index contributed by atoms with van der Waals surface area (Å²) in [4.78, 5) is 15.4. The summed E-state index contributed by atoms with van der Waals surface area (Å²) < 4.78 is 11.5. The number of hydrogen-bond donors (Lipinski definition) is 2. The Morgan fingerprint density at radius 1 is 1.39 bits per heavy atom. The highest BCUT2D eigenvalue weighted by atomic mass is 35.5. The molecule has 2 heterocycles. The fourth-order valence-corrected chi connectivity index (χ4v) is 4.07. The third kappa shape index (κ3) is 5.03. The van der Waals surface area contributed by atoms with Crippen molar-refractivity contribution in [3.8, 4) is 17.6 Å². The van der Waals surface area contributed by atoms with Crippen LogP contribution in [0.3, 0.4) is 0 Å². The molecule has 2 fully saturated rings. The van der Waals surface area contributed by atoms with Crippen molar-refractivity contribution >= 4 is 35.6 Å². The van der Waals surface area contributed by atoms with Crippen LogP contribution in [0.2, 0.25) is 5.02 Å². The Morgan fingerprint density at radius 2 is 2.04 bits per heavy atom. The minimum Gasteiger partial charge on any atom is -0.477 e. The predicted octanol–water partition coefficient (Wildman–Crippen LogP) is 2.44. The van der Waals surface area contributed by atoms with Gasteiger partial charge in [0.25, 0.3) is 5.91 Å². The first kappa shape index (κ1) is 22.6. The predicted molar refractivity (Wildman–Crippen MR) is 113 cm³/mol. The van der Waals surface area contributed by atoms with Crippen LogP contribution in [0.25, 0.3) is 0 Å². The molecule has 0 radical (unpaired) electrons. The number of nitrogen functional groups attached to an aromatic ring is 1. The van der Waals surface area contributed by atoms with Crippen molar-refractivity contribution in [1.82, 2.24) is 10.2 Å². The summed E-state index contributed by atoms with van der Waals surface area (Å²) in [7, 11) is 2.10. The molecule has 3 atom stereocenters. The monoisotopic (exact) mass is 427 g/mol. The number of nitrogens with zero attached hydrogens (tertiary/aromatic N) is 1. The molecule has 0 aliphatic carbocycles. The molecule has 3 rings (SSSR count). The molecule has 2 saturated heterocycles. The molecule has 2 aliphatic rings. The van der Waals surface area contributed by atoms with Crippen LogP contribution in [0.5, 0.6) is 5.75 Å². The van der Waals surface area contributed by atoms with Gasteiger partial charge in [-0.05, 0) is 27.0 Å². The number of nitrogens with one attached hydrogen (secondary N) is 1. The van der Waals surface area contributed by atoms with Crippen molar-refractivity contribution in [3.05, 3.63) is 22.7 Å². The average Bonchev–Trinajstić information content (AvgIpc) is 2.58. The van der Waals surface area contributed by atoms with Gasteiger partial charge in [-0.25, -0.2) is 0 Å². The highest BCUT2D eigenvalue weighted by molar-refractivity contribution is 6.33. The highest BCUT2D eigenvalue weighted by Gasteiger charge is 2.40. The number of ether oxygens (including phenoxy) is 2. The van der Waals surface area contributed by atoms with Crippen LogP contribution in [0.4, 0.5) is 5.69 Å². The number of benzene rings is 1. The Labute approximate surface area is 177 Å². The van der Waals surface area contributed by atoms with Gasteiger partial charge < -0.3 is 25.4 Å². The van der Waals surface area contributed by atoms with Gasteiger partial charge in [0.2, 0.25) is 0 Å².